The predicted octanol–water partition coefficient (Wildman–Crippen LogP) is -0.401. The third kappa shape index (κ3) is 3.26. The number of carbonyl (C=O) groups is 2. The molecule has 0 aliphatic heterocycles. The van der Waals surface area contributed by atoms with Crippen LogP contribution in [0.3, 0.4) is 0 Å². The Kier molecular flexibility index (Phi) is 3.66. The molecule has 0 fully saturated rings. The van der Waals surface area contributed by atoms with Crippen LogP contribution in [0.1, 0.15) is 0 Å². The molecule has 0 saturated heterocycles. The lowest BCUT2D eigenvalue weighted by molar-refractivity contribution is -0.157. The first-order valence-electron chi connectivity index (χ1n) is 3.90. The van der Waals surface area contributed by atoms with Crippen LogP contribution in [0.25, 0.3) is 0 Å². The normalized spacial score (nSPS) is 9.50. The predicted molar refractivity (Wildman–Crippen MR) is 45.2 cm³/mol. The maximum atomic E-state index is 11.1. The molecule has 6 heteroatoms. The summed E-state index contributed by atoms with van der Waals surface area (Å²) < 4.78 is 10.4. The molecule has 0 saturated carbocycles. The lowest BCUT2D eigenvalue weighted by Gasteiger charge is -2.03. The second-order valence-electron chi connectivity index (χ2n) is 2.47. The van der Waals surface area contributed by atoms with E-state index in [0.717, 1.165) is 0 Å². The molecule has 0 unspecified atom stereocenters. The summed E-state index contributed by atoms with van der Waals surface area (Å²) >= 11 is 0. The average molecular weight is 198 g/mol. The maximum Gasteiger partial charge on any atom is 0.344 e. The maximum absolute atomic E-state index is 11.1. The van der Waals surface area contributed by atoms with Gasteiger partial charge >= 0.3 is 11.9 Å². The molecule has 0 aliphatic rings. The third-order valence-corrected chi connectivity index (χ3v) is 1.45. The molecule has 1 rings (SSSR count). The van der Waals surface area contributed by atoms with E-state index in [2.05, 4.69) is 14.5 Å². The molecule has 6 nitrogen and oxygen atoms in total. The van der Waals surface area contributed by atoms with E-state index in [9.17, 15) is 9.59 Å². The van der Waals surface area contributed by atoms with Crippen LogP contribution in [-0.2, 0) is 25.6 Å². The van der Waals surface area contributed by atoms with E-state index in [1.54, 1.807) is 17.0 Å². The Morgan fingerprint density at radius 3 is 2.79 bits per heavy atom. The Balaban J connectivity index is 2.26. The summed E-state index contributed by atoms with van der Waals surface area (Å²) in [5, 5.41) is 0. The van der Waals surface area contributed by atoms with Crippen molar-refractivity contribution in [1.82, 2.24) is 9.55 Å². The molecule has 0 aliphatic carbocycles. The largest absolute Gasteiger partial charge is 0.466 e. The molecule has 0 radical (unpaired) electrons. The highest BCUT2D eigenvalue weighted by Gasteiger charge is 2.07. The lowest BCUT2D eigenvalue weighted by Crippen LogP contribution is -2.18. The summed E-state index contributed by atoms with van der Waals surface area (Å²) in [6.07, 6.45) is 4.66. The van der Waals surface area contributed by atoms with Crippen molar-refractivity contribution in [2.75, 3.05) is 13.7 Å². The van der Waals surface area contributed by atoms with Crippen molar-refractivity contribution in [3.8, 4) is 0 Å². The van der Waals surface area contributed by atoms with Crippen LogP contribution in [0.5, 0.6) is 0 Å². The van der Waals surface area contributed by atoms with Gasteiger partial charge in [-0.3, -0.25) is 4.79 Å². The van der Waals surface area contributed by atoms with Crippen LogP contribution in [-0.4, -0.2) is 35.2 Å². The molecule has 1 aromatic rings. The van der Waals surface area contributed by atoms with E-state index in [-0.39, 0.29) is 13.2 Å². The van der Waals surface area contributed by atoms with Crippen molar-refractivity contribution < 1.29 is 19.1 Å². The van der Waals surface area contributed by atoms with E-state index >= 15 is 0 Å². The van der Waals surface area contributed by atoms with Gasteiger partial charge in [0.1, 0.15) is 6.54 Å². The van der Waals surface area contributed by atoms with Crippen molar-refractivity contribution in [2.45, 2.75) is 6.54 Å². The number of nitrogens with zero attached hydrogens (tertiary/aromatic N) is 2. The fraction of sp³-hybridized carbons (Fsp3) is 0.375. The third-order valence-electron chi connectivity index (χ3n) is 1.45. The van der Waals surface area contributed by atoms with Crippen LogP contribution in [0.2, 0.25) is 0 Å². The summed E-state index contributed by atoms with van der Waals surface area (Å²) in [7, 11) is 1.23. The molecule has 0 spiro atoms. The molecule has 0 N–H and O–H groups in total. The van der Waals surface area contributed by atoms with Gasteiger partial charge in [-0.05, 0) is 0 Å². The van der Waals surface area contributed by atoms with Gasteiger partial charge in [0.25, 0.3) is 0 Å². The molecule has 76 valence electrons. The van der Waals surface area contributed by atoms with Gasteiger partial charge < -0.3 is 14.0 Å². The van der Waals surface area contributed by atoms with Gasteiger partial charge in [0.15, 0.2) is 6.61 Å². The highest BCUT2D eigenvalue weighted by atomic mass is 16.6. The van der Waals surface area contributed by atoms with Gasteiger partial charge in [-0.25, -0.2) is 9.78 Å². The standard InChI is InChI=1S/C8H10N2O4/c1-13-8(12)5-14-7(11)4-10-3-2-9-6-10/h2-3,6H,4-5H2,1H3. The summed E-state index contributed by atoms with van der Waals surface area (Å²) in [5.74, 6) is -1.09. The zero-order chi connectivity index (χ0) is 10.4. The molecule has 14 heavy (non-hydrogen) atoms. The Labute approximate surface area is 80.4 Å². The quantitative estimate of drug-likeness (QED) is 0.615. The minimum absolute atomic E-state index is 0.0387. The number of aromatic nitrogens is 2. The molecule has 0 atom stereocenters. The van der Waals surface area contributed by atoms with E-state index in [1.807, 2.05) is 0 Å². The van der Waals surface area contributed by atoms with Crippen LogP contribution >= 0.6 is 0 Å². The lowest BCUT2D eigenvalue weighted by atomic mass is 10.6. The summed E-state index contributed by atoms with van der Waals surface area (Å²) in [5.41, 5.74) is 0. The number of methoxy groups -OCH3 is 1. The molecule has 0 aromatic carbocycles. The number of ether oxygens (including phenoxy) is 2. The molecule has 0 amide bonds. The minimum Gasteiger partial charge on any atom is -0.466 e. The summed E-state index contributed by atoms with van der Waals surface area (Å²) in [4.78, 5) is 25.4. The molecule has 1 heterocycles. The van der Waals surface area contributed by atoms with Crippen LogP contribution in [0.15, 0.2) is 18.7 Å². The number of esters is 2. The van der Waals surface area contributed by atoms with Gasteiger partial charge in [-0.2, -0.15) is 0 Å². The second kappa shape index (κ2) is 5.00. The van der Waals surface area contributed by atoms with E-state index in [0.29, 0.717) is 0 Å². The van der Waals surface area contributed by atoms with Gasteiger partial charge in [-0.1, -0.05) is 0 Å². The number of carbonyl (C=O) groups excluding carboxylic acids is 2. The van der Waals surface area contributed by atoms with Crippen molar-refractivity contribution in [3.63, 3.8) is 0 Å². The second-order valence-corrected chi connectivity index (χ2v) is 2.47. The number of hydrogen-bond donors (Lipinski definition) is 0. The monoisotopic (exact) mass is 198 g/mol. The number of imidazole rings is 1. The SMILES string of the molecule is COC(=O)COC(=O)Cn1ccnc1. The molecular formula is C8H10N2O4. The molecule has 1 aromatic heterocycles. The first-order valence-corrected chi connectivity index (χ1v) is 3.90. The zero-order valence-electron chi connectivity index (χ0n) is 7.67. The van der Waals surface area contributed by atoms with Crippen LogP contribution in [0.4, 0.5) is 0 Å². The minimum atomic E-state index is -0.580. The first kappa shape index (κ1) is 10.2. The van der Waals surface area contributed by atoms with E-state index < -0.39 is 11.9 Å². The van der Waals surface area contributed by atoms with Gasteiger partial charge in [-0.15, -0.1) is 0 Å². The number of rotatable bonds is 4. The Hall–Kier alpha value is -1.85. The van der Waals surface area contributed by atoms with Crippen LogP contribution < -0.4 is 0 Å². The fourth-order valence-electron chi connectivity index (χ4n) is 0.773. The van der Waals surface area contributed by atoms with E-state index in [1.165, 1.54) is 13.4 Å². The Morgan fingerprint density at radius 2 is 2.21 bits per heavy atom. The molecule has 0 bridgehead atoms. The van der Waals surface area contributed by atoms with Crippen molar-refractivity contribution >= 4 is 11.9 Å². The van der Waals surface area contributed by atoms with Gasteiger partial charge in [0.05, 0.1) is 13.4 Å². The van der Waals surface area contributed by atoms with Crippen LogP contribution in [0, 0.1) is 0 Å². The highest BCUT2D eigenvalue weighted by Crippen LogP contribution is 1.89. The zero-order valence-corrected chi connectivity index (χ0v) is 7.67. The van der Waals surface area contributed by atoms with Crippen molar-refractivity contribution in [3.05, 3.63) is 18.7 Å². The smallest absolute Gasteiger partial charge is 0.344 e. The van der Waals surface area contributed by atoms with Crippen molar-refractivity contribution in [2.24, 2.45) is 0 Å². The summed E-state index contributed by atoms with van der Waals surface area (Å²) in [6, 6.07) is 0. The summed E-state index contributed by atoms with van der Waals surface area (Å²) in [6.45, 7) is -0.318. The topological polar surface area (TPSA) is 70.4 Å². The molecular weight excluding hydrogens is 188 g/mol. The first-order chi connectivity index (χ1) is 6.72. The number of hydrogen-bond acceptors (Lipinski definition) is 5. The Bertz CT molecular complexity index is 307. The van der Waals surface area contributed by atoms with Gasteiger partial charge in [0.2, 0.25) is 0 Å². The van der Waals surface area contributed by atoms with Crippen molar-refractivity contribution in [1.29, 1.82) is 0 Å². The van der Waals surface area contributed by atoms with E-state index in [4.69, 9.17) is 0 Å². The Morgan fingerprint density at radius 1 is 1.43 bits per heavy atom. The fourth-order valence-corrected chi connectivity index (χ4v) is 0.773. The highest BCUT2D eigenvalue weighted by molar-refractivity contribution is 5.76. The van der Waals surface area contributed by atoms with Gasteiger partial charge in [0, 0.05) is 12.4 Å². The average Bonchev–Trinajstić information content (AvgIpc) is 2.66.